The van der Waals surface area contributed by atoms with Crippen LogP contribution in [0.4, 0.5) is 0 Å². The number of amides is 1. The third kappa shape index (κ3) is 5.17. The number of carbonyl (C=O) groups excluding carboxylic acids is 1. The predicted octanol–water partition coefficient (Wildman–Crippen LogP) is 4.10. The summed E-state index contributed by atoms with van der Waals surface area (Å²) in [5.74, 6) is -0.0550. The molecule has 188 valence electrons. The average molecular weight is 495 g/mol. The number of rotatable bonds is 6. The highest BCUT2D eigenvalue weighted by Crippen LogP contribution is 2.30. The van der Waals surface area contributed by atoms with E-state index >= 15 is 0 Å². The summed E-state index contributed by atoms with van der Waals surface area (Å²) in [6.07, 6.45) is 0. The lowest BCUT2D eigenvalue weighted by atomic mass is 9.96. The first kappa shape index (κ1) is 24.5. The van der Waals surface area contributed by atoms with E-state index in [1.54, 1.807) is 4.90 Å². The molecule has 1 aromatic heterocycles. The molecule has 7 nitrogen and oxygen atoms in total. The molecule has 0 atom stereocenters. The molecule has 0 aliphatic carbocycles. The molecular formula is C30H30N4O3. The van der Waals surface area contributed by atoms with E-state index < -0.39 is 0 Å². The van der Waals surface area contributed by atoms with Crippen LogP contribution in [-0.2, 0) is 0 Å². The van der Waals surface area contributed by atoms with Crippen LogP contribution in [-0.4, -0.2) is 58.8 Å². The van der Waals surface area contributed by atoms with Gasteiger partial charge in [0.1, 0.15) is 0 Å². The maximum absolute atomic E-state index is 13.6. The van der Waals surface area contributed by atoms with Crippen molar-refractivity contribution < 1.29 is 9.53 Å². The molecule has 4 aromatic rings. The maximum atomic E-state index is 13.6. The third-order valence-electron chi connectivity index (χ3n) is 6.79. The zero-order chi connectivity index (χ0) is 25.8. The van der Waals surface area contributed by atoms with Crippen LogP contribution < -0.4 is 10.3 Å². The molecule has 5 rings (SSSR count). The highest BCUT2D eigenvalue weighted by molar-refractivity contribution is 5.94. The van der Waals surface area contributed by atoms with Crippen molar-refractivity contribution in [2.75, 3.05) is 33.3 Å². The molecule has 2 heterocycles. The molecule has 0 unspecified atom stereocenters. The number of nitrogens with zero attached hydrogens (tertiary/aromatic N) is 4. The first-order chi connectivity index (χ1) is 18.0. The summed E-state index contributed by atoms with van der Waals surface area (Å²) in [5, 5.41) is 4.44. The van der Waals surface area contributed by atoms with Gasteiger partial charge in [-0.1, -0.05) is 78.4 Å². The third-order valence-corrected chi connectivity index (χ3v) is 6.79. The second kappa shape index (κ2) is 10.8. The molecule has 0 saturated carbocycles. The number of hydrogen-bond acceptors (Lipinski definition) is 5. The van der Waals surface area contributed by atoms with Gasteiger partial charge in [-0.05, 0) is 30.2 Å². The number of hydrogen-bond donors (Lipinski definition) is 0. The van der Waals surface area contributed by atoms with Crippen LogP contribution in [0.1, 0.15) is 33.2 Å². The molecule has 1 saturated heterocycles. The van der Waals surface area contributed by atoms with E-state index in [0.29, 0.717) is 31.9 Å². The standard InChI is InChI=1S/C30H30N4O3/c1-22-13-15-25(16-14-22)34-27(35)21-26(37-2)28(31-34)30(36)33-19-17-32(18-20-33)29(23-9-5-3-6-10-23)24-11-7-4-8-12-24/h3-16,21,29H,17-20H2,1-2H3. The number of benzene rings is 3. The molecule has 0 spiro atoms. The van der Waals surface area contributed by atoms with Gasteiger partial charge < -0.3 is 9.64 Å². The normalized spacial score (nSPS) is 14.1. The number of aromatic nitrogens is 2. The van der Waals surface area contributed by atoms with E-state index in [1.807, 2.05) is 43.3 Å². The van der Waals surface area contributed by atoms with Gasteiger partial charge in [-0.2, -0.15) is 9.78 Å². The number of aryl methyl sites for hydroxylation is 1. The topological polar surface area (TPSA) is 67.7 Å². The van der Waals surface area contributed by atoms with Gasteiger partial charge in [0.05, 0.1) is 24.9 Å². The molecule has 0 radical (unpaired) electrons. The molecule has 1 fully saturated rings. The van der Waals surface area contributed by atoms with Crippen molar-refractivity contribution in [2.24, 2.45) is 0 Å². The minimum atomic E-state index is -0.351. The van der Waals surface area contributed by atoms with Crippen molar-refractivity contribution in [2.45, 2.75) is 13.0 Å². The summed E-state index contributed by atoms with van der Waals surface area (Å²) in [7, 11) is 1.45. The van der Waals surface area contributed by atoms with Crippen molar-refractivity contribution >= 4 is 5.91 Å². The van der Waals surface area contributed by atoms with E-state index in [9.17, 15) is 9.59 Å². The highest BCUT2D eigenvalue weighted by Gasteiger charge is 2.30. The Morgan fingerprint density at radius 3 is 1.95 bits per heavy atom. The fourth-order valence-corrected chi connectivity index (χ4v) is 4.83. The second-order valence-corrected chi connectivity index (χ2v) is 9.20. The summed E-state index contributed by atoms with van der Waals surface area (Å²) < 4.78 is 6.65. The first-order valence-corrected chi connectivity index (χ1v) is 12.4. The van der Waals surface area contributed by atoms with Crippen LogP contribution in [0.2, 0.25) is 0 Å². The van der Waals surface area contributed by atoms with Crippen LogP contribution in [0.3, 0.4) is 0 Å². The van der Waals surface area contributed by atoms with Gasteiger partial charge in [-0.3, -0.25) is 14.5 Å². The van der Waals surface area contributed by atoms with Gasteiger partial charge in [-0.25, -0.2) is 0 Å². The Balaban J connectivity index is 1.38. The van der Waals surface area contributed by atoms with Crippen LogP contribution in [0.15, 0.2) is 95.8 Å². The van der Waals surface area contributed by atoms with Crippen LogP contribution in [0.25, 0.3) is 5.69 Å². The maximum Gasteiger partial charge on any atom is 0.278 e. The van der Waals surface area contributed by atoms with Gasteiger partial charge in [0.15, 0.2) is 11.4 Å². The molecule has 7 heteroatoms. The molecular weight excluding hydrogens is 464 g/mol. The van der Waals surface area contributed by atoms with Crippen molar-refractivity contribution in [3.8, 4) is 11.4 Å². The number of methoxy groups -OCH3 is 1. The fraction of sp³-hybridized carbons (Fsp3) is 0.233. The number of piperazine rings is 1. The minimum absolute atomic E-state index is 0.107. The van der Waals surface area contributed by atoms with Gasteiger partial charge >= 0.3 is 0 Å². The van der Waals surface area contributed by atoms with E-state index in [2.05, 4.69) is 58.5 Å². The monoisotopic (exact) mass is 494 g/mol. The SMILES string of the molecule is COc1cc(=O)n(-c2ccc(C)cc2)nc1C(=O)N1CCN(C(c2ccccc2)c2ccccc2)CC1. The quantitative estimate of drug-likeness (QED) is 0.404. The Hall–Kier alpha value is -4.23. The van der Waals surface area contributed by atoms with Crippen molar-refractivity contribution in [3.05, 3.63) is 124 Å². The van der Waals surface area contributed by atoms with Gasteiger partial charge in [0, 0.05) is 26.2 Å². The van der Waals surface area contributed by atoms with Crippen LogP contribution in [0, 0.1) is 6.92 Å². The Labute approximate surface area is 216 Å². The van der Waals surface area contributed by atoms with E-state index in [4.69, 9.17) is 4.74 Å². The van der Waals surface area contributed by atoms with Gasteiger partial charge in [0.25, 0.3) is 11.5 Å². The highest BCUT2D eigenvalue weighted by atomic mass is 16.5. The Morgan fingerprint density at radius 1 is 0.838 bits per heavy atom. The largest absolute Gasteiger partial charge is 0.494 e. The van der Waals surface area contributed by atoms with Gasteiger partial charge in [0.2, 0.25) is 0 Å². The van der Waals surface area contributed by atoms with Crippen LogP contribution >= 0.6 is 0 Å². The molecule has 3 aromatic carbocycles. The summed E-state index contributed by atoms with van der Waals surface area (Å²) >= 11 is 0. The second-order valence-electron chi connectivity index (χ2n) is 9.20. The van der Waals surface area contributed by atoms with E-state index in [1.165, 1.54) is 29.0 Å². The Morgan fingerprint density at radius 2 is 1.41 bits per heavy atom. The first-order valence-electron chi connectivity index (χ1n) is 12.4. The molecule has 0 N–H and O–H groups in total. The fourth-order valence-electron chi connectivity index (χ4n) is 4.83. The zero-order valence-electron chi connectivity index (χ0n) is 21.1. The number of ether oxygens (including phenoxy) is 1. The Bertz CT molecular complexity index is 1370. The Kier molecular flexibility index (Phi) is 7.14. The summed E-state index contributed by atoms with van der Waals surface area (Å²) in [6, 6.07) is 29.8. The lowest BCUT2D eigenvalue weighted by molar-refractivity contribution is 0.0586. The smallest absolute Gasteiger partial charge is 0.278 e. The van der Waals surface area contributed by atoms with Gasteiger partial charge in [-0.15, -0.1) is 0 Å². The molecule has 1 amide bonds. The molecule has 1 aliphatic rings. The lowest BCUT2D eigenvalue weighted by Gasteiger charge is -2.39. The summed E-state index contributed by atoms with van der Waals surface area (Å²) in [4.78, 5) is 30.5. The van der Waals surface area contributed by atoms with Crippen molar-refractivity contribution in [3.63, 3.8) is 0 Å². The molecule has 0 bridgehead atoms. The number of carbonyl (C=O) groups is 1. The average Bonchev–Trinajstić information content (AvgIpc) is 2.95. The van der Waals surface area contributed by atoms with Crippen molar-refractivity contribution in [1.29, 1.82) is 0 Å². The summed E-state index contributed by atoms with van der Waals surface area (Å²) in [6.45, 7) is 4.48. The predicted molar refractivity (Wildman–Crippen MR) is 143 cm³/mol. The van der Waals surface area contributed by atoms with Crippen molar-refractivity contribution in [1.82, 2.24) is 19.6 Å². The lowest BCUT2D eigenvalue weighted by Crippen LogP contribution is -2.50. The zero-order valence-corrected chi connectivity index (χ0v) is 21.1. The molecule has 37 heavy (non-hydrogen) atoms. The van der Waals surface area contributed by atoms with E-state index in [0.717, 1.165) is 5.56 Å². The van der Waals surface area contributed by atoms with Crippen LogP contribution in [0.5, 0.6) is 5.75 Å². The summed E-state index contributed by atoms with van der Waals surface area (Å²) in [5.41, 5.74) is 3.91. The molecule has 1 aliphatic heterocycles. The minimum Gasteiger partial charge on any atom is -0.494 e. The van der Waals surface area contributed by atoms with E-state index in [-0.39, 0.29) is 29.0 Å².